The van der Waals surface area contributed by atoms with Crippen molar-refractivity contribution in [2.24, 2.45) is 0 Å². The number of rotatable bonds is 7. The number of ether oxygens (including phenoxy) is 2. The molecule has 0 aliphatic heterocycles. The molecule has 0 atom stereocenters. The number of sulfonamides is 1. The van der Waals surface area contributed by atoms with Crippen molar-refractivity contribution >= 4 is 38.9 Å². The van der Waals surface area contributed by atoms with Crippen LogP contribution in [0.2, 0.25) is 5.02 Å². The topological polar surface area (TPSA) is 93.7 Å². The molecule has 0 fully saturated rings. The van der Waals surface area contributed by atoms with Crippen LogP contribution < -0.4 is 19.5 Å². The third kappa shape index (κ3) is 5.22. The van der Waals surface area contributed by atoms with E-state index >= 15 is 0 Å². The highest BCUT2D eigenvalue weighted by Gasteiger charge is 2.18. The minimum absolute atomic E-state index is 0.0137. The van der Waals surface area contributed by atoms with E-state index in [1.54, 1.807) is 36.4 Å². The minimum atomic E-state index is -3.94. The first kappa shape index (κ1) is 21.5. The summed E-state index contributed by atoms with van der Waals surface area (Å²) >= 11 is 6.07. The van der Waals surface area contributed by atoms with Crippen molar-refractivity contribution in [1.29, 1.82) is 0 Å². The van der Waals surface area contributed by atoms with Crippen LogP contribution in [-0.4, -0.2) is 21.4 Å². The number of halogens is 1. The summed E-state index contributed by atoms with van der Waals surface area (Å²) in [6, 6.07) is 17.4. The van der Waals surface area contributed by atoms with Crippen LogP contribution in [0.4, 0.5) is 11.4 Å². The summed E-state index contributed by atoms with van der Waals surface area (Å²) in [5, 5.41) is 2.92. The Morgan fingerprint density at radius 1 is 0.933 bits per heavy atom. The molecule has 0 bridgehead atoms. The van der Waals surface area contributed by atoms with E-state index in [9.17, 15) is 13.2 Å². The van der Waals surface area contributed by atoms with Gasteiger partial charge in [-0.05, 0) is 54.6 Å². The Labute approximate surface area is 179 Å². The van der Waals surface area contributed by atoms with E-state index < -0.39 is 10.0 Å². The average Bonchev–Trinajstić information content (AvgIpc) is 2.70. The Morgan fingerprint density at radius 2 is 1.60 bits per heavy atom. The van der Waals surface area contributed by atoms with Gasteiger partial charge in [0, 0.05) is 17.6 Å². The van der Waals surface area contributed by atoms with E-state index in [-0.39, 0.29) is 22.2 Å². The highest BCUT2D eigenvalue weighted by molar-refractivity contribution is 7.92. The smallest absolute Gasteiger partial charge is 0.262 e. The minimum Gasteiger partial charge on any atom is -0.493 e. The first-order valence-corrected chi connectivity index (χ1v) is 10.7. The van der Waals surface area contributed by atoms with Gasteiger partial charge in [0.2, 0.25) is 5.91 Å². The number of hydrogen-bond acceptors (Lipinski definition) is 5. The molecule has 3 aromatic carbocycles. The zero-order valence-electron chi connectivity index (χ0n) is 16.2. The van der Waals surface area contributed by atoms with Gasteiger partial charge in [-0.3, -0.25) is 9.52 Å². The molecule has 3 rings (SSSR count). The van der Waals surface area contributed by atoms with Gasteiger partial charge in [0.1, 0.15) is 0 Å². The molecule has 2 N–H and O–H groups in total. The lowest BCUT2D eigenvalue weighted by Crippen LogP contribution is -2.14. The molecule has 0 aliphatic carbocycles. The molecule has 3 aromatic rings. The summed E-state index contributed by atoms with van der Waals surface area (Å²) in [5.74, 6) is 0.917. The van der Waals surface area contributed by atoms with Gasteiger partial charge in [-0.1, -0.05) is 23.7 Å². The Kier molecular flexibility index (Phi) is 6.49. The fraction of sp³-hybridized carbons (Fsp3) is 0.0952. The number of nitrogens with one attached hydrogen (secondary N) is 2. The van der Waals surface area contributed by atoms with E-state index in [2.05, 4.69) is 10.0 Å². The highest BCUT2D eigenvalue weighted by Crippen LogP contribution is 2.37. The molecule has 0 aromatic heterocycles. The Hall–Kier alpha value is -3.23. The van der Waals surface area contributed by atoms with Crippen LogP contribution in [0, 0.1) is 0 Å². The molecule has 0 heterocycles. The number of para-hydroxylation sites is 2. The predicted octanol–water partition coefficient (Wildman–Crippen LogP) is 4.90. The molecule has 0 spiro atoms. The largest absolute Gasteiger partial charge is 0.493 e. The predicted molar refractivity (Wildman–Crippen MR) is 116 cm³/mol. The summed E-state index contributed by atoms with van der Waals surface area (Å²) in [4.78, 5) is 11.1. The van der Waals surface area contributed by atoms with Crippen LogP contribution in [0.1, 0.15) is 6.92 Å². The summed E-state index contributed by atoms with van der Waals surface area (Å²) in [7, 11) is -2.43. The molecule has 30 heavy (non-hydrogen) atoms. The van der Waals surface area contributed by atoms with Crippen LogP contribution >= 0.6 is 11.6 Å². The third-order valence-electron chi connectivity index (χ3n) is 3.96. The van der Waals surface area contributed by atoms with Gasteiger partial charge in [0.25, 0.3) is 10.0 Å². The lowest BCUT2D eigenvalue weighted by Gasteiger charge is -2.15. The number of benzene rings is 3. The SMILES string of the molecule is COc1ccccc1Oc1ccc(Cl)cc1NS(=O)(=O)c1ccc(NC(C)=O)cc1. The zero-order valence-corrected chi connectivity index (χ0v) is 17.8. The number of amides is 1. The van der Waals surface area contributed by atoms with Gasteiger partial charge >= 0.3 is 0 Å². The zero-order chi connectivity index (χ0) is 21.7. The van der Waals surface area contributed by atoms with Gasteiger partial charge < -0.3 is 14.8 Å². The van der Waals surface area contributed by atoms with Crippen molar-refractivity contribution in [3.05, 3.63) is 71.8 Å². The molecule has 0 radical (unpaired) electrons. The van der Waals surface area contributed by atoms with Gasteiger partial charge in [-0.2, -0.15) is 0 Å². The quantitative estimate of drug-likeness (QED) is 0.538. The fourth-order valence-electron chi connectivity index (χ4n) is 2.62. The van der Waals surface area contributed by atoms with Crippen molar-refractivity contribution in [1.82, 2.24) is 0 Å². The van der Waals surface area contributed by atoms with Gasteiger partial charge in [0.05, 0.1) is 17.7 Å². The van der Waals surface area contributed by atoms with Gasteiger partial charge in [0.15, 0.2) is 17.2 Å². The van der Waals surface area contributed by atoms with E-state index in [0.29, 0.717) is 22.2 Å². The van der Waals surface area contributed by atoms with Crippen LogP contribution in [0.3, 0.4) is 0 Å². The van der Waals surface area contributed by atoms with Crippen LogP contribution in [0.25, 0.3) is 0 Å². The molecule has 0 unspecified atom stereocenters. The summed E-state index contributed by atoms with van der Waals surface area (Å²) in [5.41, 5.74) is 0.656. The first-order valence-electron chi connectivity index (χ1n) is 8.79. The third-order valence-corrected chi connectivity index (χ3v) is 5.58. The number of carbonyl (C=O) groups excluding carboxylic acids is 1. The lowest BCUT2D eigenvalue weighted by atomic mass is 10.3. The van der Waals surface area contributed by atoms with Crippen molar-refractivity contribution in [3.63, 3.8) is 0 Å². The Morgan fingerprint density at radius 3 is 2.23 bits per heavy atom. The standard InChI is InChI=1S/C21H19ClN2O5S/c1-14(25)23-16-8-10-17(11-9-16)30(26,27)24-18-13-15(22)7-12-19(18)29-21-6-4-3-5-20(21)28-2/h3-13,24H,1-2H3,(H,23,25). The Balaban J connectivity index is 1.90. The molecule has 7 nitrogen and oxygen atoms in total. The molecular formula is C21H19ClN2O5S. The molecular weight excluding hydrogens is 428 g/mol. The van der Waals surface area contributed by atoms with Crippen LogP contribution in [0.15, 0.2) is 71.6 Å². The monoisotopic (exact) mass is 446 g/mol. The number of anilines is 2. The maximum absolute atomic E-state index is 12.9. The maximum atomic E-state index is 12.9. The lowest BCUT2D eigenvalue weighted by molar-refractivity contribution is -0.114. The molecule has 9 heteroatoms. The number of methoxy groups -OCH3 is 1. The van der Waals surface area contributed by atoms with Gasteiger partial charge in [-0.25, -0.2) is 8.42 Å². The summed E-state index contributed by atoms with van der Waals surface area (Å²) in [6.45, 7) is 1.37. The van der Waals surface area contributed by atoms with Crippen molar-refractivity contribution in [3.8, 4) is 17.2 Å². The number of hydrogen-bond donors (Lipinski definition) is 2. The molecule has 0 saturated heterocycles. The van der Waals surface area contributed by atoms with E-state index in [1.807, 2.05) is 0 Å². The van der Waals surface area contributed by atoms with E-state index in [0.717, 1.165) is 0 Å². The second-order valence-corrected chi connectivity index (χ2v) is 8.32. The van der Waals surface area contributed by atoms with Crippen molar-refractivity contribution < 1.29 is 22.7 Å². The van der Waals surface area contributed by atoms with Gasteiger partial charge in [-0.15, -0.1) is 0 Å². The molecule has 0 aliphatic rings. The normalized spacial score (nSPS) is 10.9. The summed E-state index contributed by atoms with van der Waals surface area (Å²) in [6.07, 6.45) is 0. The second kappa shape index (κ2) is 9.06. The van der Waals surface area contributed by atoms with Crippen LogP contribution in [0.5, 0.6) is 17.2 Å². The van der Waals surface area contributed by atoms with Crippen molar-refractivity contribution in [2.75, 3.05) is 17.1 Å². The van der Waals surface area contributed by atoms with Crippen molar-refractivity contribution in [2.45, 2.75) is 11.8 Å². The Bertz CT molecular complexity index is 1160. The fourth-order valence-corrected chi connectivity index (χ4v) is 3.85. The maximum Gasteiger partial charge on any atom is 0.262 e. The first-order chi connectivity index (χ1) is 14.3. The highest BCUT2D eigenvalue weighted by atomic mass is 35.5. The molecule has 0 saturated carbocycles. The summed E-state index contributed by atoms with van der Waals surface area (Å²) < 4.78 is 39.3. The number of carbonyl (C=O) groups is 1. The average molecular weight is 447 g/mol. The van der Waals surface area contributed by atoms with E-state index in [1.165, 1.54) is 44.4 Å². The van der Waals surface area contributed by atoms with E-state index in [4.69, 9.17) is 21.1 Å². The molecule has 156 valence electrons. The second-order valence-electron chi connectivity index (χ2n) is 6.20. The molecule has 1 amide bonds. The van der Waals surface area contributed by atoms with Crippen LogP contribution in [-0.2, 0) is 14.8 Å².